The van der Waals surface area contributed by atoms with Crippen LogP contribution >= 0.6 is 0 Å². The maximum absolute atomic E-state index is 11.3. The van der Waals surface area contributed by atoms with Gasteiger partial charge >= 0.3 is 0 Å². The van der Waals surface area contributed by atoms with Crippen molar-refractivity contribution in [2.24, 2.45) is 0 Å². The van der Waals surface area contributed by atoms with Crippen molar-refractivity contribution in [1.82, 2.24) is 10.6 Å². The highest BCUT2D eigenvalue weighted by Gasteiger charge is 2.00. The van der Waals surface area contributed by atoms with E-state index in [1.165, 1.54) is 0 Å². The fourth-order valence-corrected chi connectivity index (χ4v) is 1.29. The average Bonchev–Trinajstić information content (AvgIpc) is 2.40. The Morgan fingerprint density at radius 3 is 1.89 bits per heavy atom. The SMILES string of the molecule is CC.CCCCCC(=O)NCCCNC(=O)CC. The van der Waals surface area contributed by atoms with Crippen LogP contribution in [0.1, 0.15) is 66.2 Å². The molecule has 0 aliphatic carbocycles. The largest absolute Gasteiger partial charge is 0.356 e. The van der Waals surface area contributed by atoms with Crippen molar-refractivity contribution >= 4 is 11.8 Å². The number of nitrogens with one attached hydrogen (secondary N) is 2. The van der Waals surface area contributed by atoms with Gasteiger partial charge in [-0.1, -0.05) is 40.5 Å². The molecule has 2 N–H and O–H groups in total. The minimum absolute atomic E-state index is 0.0641. The molecule has 0 heterocycles. The Morgan fingerprint density at radius 1 is 0.833 bits per heavy atom. The van der Waals surface area contributed by atoms with Crippen molar-refractivity contribution in [2.75, 3.05) is 13.1 Å². The zero-order valence-corrected chi connectivity index (χ0v) is 12.5. The minimum Gasteiger partial charge on any atom is -0.356 e. The van der Waals surface area contributed by atoms with Crippen molar-refractivity contribution < 1.29 is 9.59 Å². The summed E-state index contributed by atoms with van der Waals surface area (Å²) in [5.74, 6) is 0.185. The molecule has 0 aliphatic heterocycles. The Morgan fingerprint density at radius 2 is 1.39 bits per heavy atom. The Bertz CT molecular complexity index is 206. The lowest BCUT2D eigenvalue weighted by Gasteiger charge is -2.05. The number of amides is 2. The van der Waals surface area contributed by atoms with E-state index in [-0.39, 0.29) is 11.8 Å². The second kappa shape index (κ2) is 15.9. The molecule has 0 spiro atoms. The van der Waals surface area contributed by atoms with Crippen LogP contribution in [0.2, 0.25) is 0 Å². The standard InChI is InChI=1S/C12H24N2O2.C2H6/c1-3-5-6-8-12(16)14-10-7-9-13-11(15)4-2;1-2/h3-10H2,1-2H3,(H,13,15)(H,14,16);1-2H3. The highest BCUT2D eigenvalue weighted by molar-refractivity contribution is 5.76. The maximum Gasteiger partial charge on any atom is 0.219 e. The molecule has 0 aromatic carbocycles. The van der Waals surface area contributed by atoms with Gasteiger partial charge in [-0.05, 0) is 12.8 Å². The van der Waals surface area contributed by atoms with Crippen molar-refractivity contribution in [3.63, 3.8) is 0 Å². The fourth-order valence-electron chi connectivity index (χ4n) is 1.29. The monoisotopic (exact) mass is 258 g/mol. The smallest absolute Gasteiger partial charge is 0.219 e. The van der Waals surface area contributed by atoms with Crippen LogP contribution in [0.4, 0.5) is 0 Å². The number of hydrogen-bond acceptors (Lipinski definition) is 2. The fraction of sp³-hybridized carbons (Fsp3) is 0.857. The van der Waals surface area contributed by atoms with Gasteiger partial charge in [-0.25, -0.2) is 0 Å². The summed E-state index contributed by atoms with van der Waals surface area (Å²) in [6.45, 7) is 9.23. The predicted octanol–water partition coefficient (Wildman–Crippen LogP) is 2.63. The van der Waals surface area contributed by atoms with Crippen LogP contribution < -0.4 is 10.6 Å². The molecule has 0 aromatic heterocycles. The third-order valence-electron chi connectivity index (χ3n) is 2.33. The molecule has 0 aliphatic rings. The van der Waals surface area contributed by atoms with E-state index in [1.54, 1.807) is 0 Å². The molecule has 0 rings (SSSR count). The maximum atomic E-state index is 11.3. The lowest BCUT2D eigenvalue weighted by molar-refractivity contribution is -0.121. The van der Waals surface area contributed by atoms with E-state index in [2.05, 4.69) is 17.6 Å². The minimum atomic E-state index is 0.0641. The van der Waals surface area contributed by atoms with E-state index in [0.29, 0.717) is 25.9 Å². The first-order valence-corrected chi connectivity index (χ1v) is 7.24. The summed E-state index contributed by atoms with van der Waals surface area (Å²) in [5, 5.41) is 5.61. The van der Waals surface area contributed by atoms with Gasteiger partial charge in [0.25, 0.3) is 0 Å². The van der Waals surface area contributed by atoms with Crippen molar-refractivity contribution in [1.29, 1.82) is 0 Å². The molecular weight excluding hydrogens is 228 g/mol. The molecule has 0 aromatic rings. The first-order chi connectivity index (χ1) is 8.70. The highest BCUT2D eigenvalue weighted by Crippen LogP contribution is 1.97. The van der Waals surface area contributed by atoms with Gasteiger partial charge in [0.2, 0.25) is 11.8 Å². The Balaban J connectivity index is 0. The topological polar surface area (TPSA) is 58.2 Å². The Hall–Kier alpha value is -1.06. The normalized spacial score (nSPS) is 9.11. The van der Waals surface area contributed by atoms with Crippen molar-refractivity contribution in [3.8, 4) is 0 Å². The van der Waals surface area contributed by atoms with Gasteiger partial charge in [0, 0.05) is 25.9 Å². The van der Waals surface area contributed by atoms with Gasteiger partial charge in [-0.15, -0.1) is 0 Å². The summed E-state index contributed by atoms with van der Waals surface area (Å²) in [6.07, 6.45) is 5.15. The molecule has 108 valence electrons. The molecule has 0 saturated heterocycles. The van der Waals surface area contributed by atoms with Gasteiger partial charge in [0.1, 0.15) is 0 Å². The second-order valence-electron chi connectivity index (χ2n) is 3.86. The molecule has 0 bridgehead atoms. The number of carbonyl (C=O) groups excluding carboxylic acids is 2. The molecule has 18 heavy (non-hydrogen) atoms. The van der Waals surface area contributed by atoms with E-state index in [9.17, 15) is 9.59 Å². The lowest BCUT2D eigenvalue weighted by Crippen LogP contribution is -2.29. The van der Waals surface area contributed by atoms with Gasteiger partial charge in [-0.2, -0.15) is 0 Å². The number of hydrogen-bond donors (Lipinski definition) is 2. The van der Waals surface area contributed by atoms with Crippen LogP contribution in [0.5, 0.6) is 0 Å². The molecule has 0 fully saturated rings. The second-order valence-corrected chi connectivity index (χ2v) is 3.86. The quantitative estimate of drug-likeness (QED) is 0.625. The Labute approximate surface area is 112 Å². The molecule has 0 unspecified atom stereocenters. The summed E-state index contributed by atoms with van der Waals surface area (Å²) in [7, 11) is 0. The summed E-state index contributed by atoms with van der Waals surface area (Å²) < 4.78 is 0. The number of carbonyl (C=O) groups is 2. The first kappa shape index (κ1) is 19.3. The van der Waals surface area contributed by atoms with Gasteiger partial charge in [-0.3, -0.25) is 9.59 Å². The zero-order chi connectivity index (χ0) is 14.2. The summed E-state index contributed by atoms with van der Waals surface area (Å²) in [5.41, 5.74) is 0. The molecule has 0 radical (unpaired) electrons. The van der Waals surface area contributed by atoms with E-state index >= 15 is 0 Å². The number of unbranched alkanes of at least 4 members (excludes halogenated alkanes) is 2. The predicted molar refractivity (Wildman–Crippen MR) is 76.4 cm³/mol. The molecule has 0 saturated carbocycles. The van der Waals surface area contributed by atoms with E-state index < -0.39 is 0 Å². The van der Waals surface area contributed by atoms with Crippen LogP contribution in [0, 0.1) is 0 Å². The lowest BCUT2D eigenvalue weighted by atomic mass is 10.2. The van der Waals surface area contributed by atoms with E-state index in [0.717, 1.165) is 25.7 Å². The van der Waals surface area contributed by atoms with E-state index in [4.69, 9.17) is 0 Å². The molecule has 0 atom stereocenters. The van der Waals surface area contributed by atoms with Crippen molar-refractivity contribution in [3.05, 3.63) is 0 Å². The van der Waals surface area contributed by atoms with Crippen LogP contribution in [-0.4, -0.2) is 24.9 Å². The van der Waals surface area contributed by atoms with Gasteiger partial charge in [0.05, 0.1) is 0 Å². The van der Waals surface area contributed by atoms with Crippen LogP contribution in [0.3, 0.4) is 0 Å². The zero-order valence-electron chi connectivity index (χ0n) is 12.5. The molecule has 4 heteroatoms. The van der Waals surface area contributed by atoms with E-state index in [1.807, 2.05) is 20.8 Å². The highest BCUT2D eigenvalue weighted by atomic mass is 16.2. The van der Waals surface area contributed by atoms with Crippen LogP contribution in [0.15, 0.2) is 0 Å². The Kier molecular flexibility index (Phi) is 17.1. The third kappa shape index (κ3) is 14.9. The summed E-state index contributed by atoms with van der Waals surface area (Å²) >= 11 is 0. The van der Waals surface area contributed by atoms with Gasteiger partial charge < -0.3 is 10.6 Å². The summed E-state index contributed by atoms with van der Waals surface area (Å²) in [4.78, 5) is 22.2. The van der Waals surface area contributed by atoms with Crippen LogP contribution in [0.25, 0.3) is 0 Å². The van der Waals surface area contributed by atoms with Crippen molar-refractivity contribution in [2.45, 2.75) is 66.2 Å². The molecule has 2 amide bonds. The third-order valence-corrected chi connectivity index (χ3v) is 2.33. The number of rotatable bonds is 9. The average molecular weight is 258 g/mol. The summed E-state index contributed by atoms with van der Waals surface area (Å²) in [6, 6.07) is 0. The van der Waals surface area contributed by atoms with Gasteiger partial charge in [0.15, 0.2) is 0 Å². The van der Waals surface area contributed by atoms with Crippen LogP contribution in [-0.2, 0) is 9.59 Å². The first-order valence-electron chi connectivity index (χ1n) is 7.24. The molecule has 4 nitrogen and oxygen atoms in total. The molecular formula is C14H30N2O2.